The van der Waals surface area contributed by atoms with Crippen molar-refractivity contribution in [2.24, 2.45) is 0 Å². The van der Waals surface area contributed by atoms with Crippen LogP contribution in [-0.2, 0) is 21.4 Å². The molecule has 0 N–H and O–H groups in total. The van der Waals surface area contributed by atoms with Gasteiger partial charge >= 0.3 is 17.1 Å². The Morgan fingerprint density at radius 2 is 0.405 bits per heavy atom. The van der Waals surface area contributed by atoms with E-state index < -0.39 is 15.0 Å². The summed E-state index contributed by atoms with van der Waals surface area (Å²) in [5, 5.41) is 7.22. The first kappa shape index (κ1) is 34.1. The molecule has 42 heavy (non-hydrogen) atoms. The molecule has 6 aromatic carbocycles. The van der Waals surface area contributed by atoms with E-state index in [-0.39, 0.29) is 51.0 Å². The first-order chi connectivity index (χ1) is 19.3. The van der Waals surface area contributed by atoms with Gasteiger partial charge < -0.3 is 34.0 Å². The van der Waals surface area contributed by atoms with Crippen LogP contribution in [0.25, 0.3) is 0 Å². The Kier molecular flexibility index (Phi) is 12.9. The van der Waals surface area contributed by atoms with Crippen LogP contribution in [-0.4, -0.2) is 0 Å². The van der Waals surface area contributed by atoms with Crippen molar-refractivity contribution in [1.82, 2.24) is 0 Å². The first-order valence-corrected chi connectivity index (χ1v) is 16.6. The molecular formula is C36H30Br2MnOP2+2. The number of hydrogen-bond acceptors (Lipinski definition) is 1. The summed E-state index contributed by atoms with van der Waals surface area (Å²) in [6.07, 6.45) is 0. The van der Waals surface area contributed by atoms with Crippen molar-refractivity contribution >= 4 is 46.8 Å². The molecule has 0 heterocycles. The fraction of sp³-hybridized carbons (Fsp3) is 0. The average Bonchev–Trinajstić information content (AvgIpc) is 3.04. The minimum absolute atomic E-state index is 0. The molecule has 0 aromatic heterocycles. The van der Waals surface area contributed by atoms with Gasteiger partial charge in [-0.25, -0.2) is 0 Å². The third kappa shape index (κ3) is 6.57. The maximum atomic E-state index is 8.16. The van der Waals surface area contributed by atoms with Crippen LogP contribution in [0.1, 0.15) is 0 Å². The van der Waals surface area contributed by atoms with E-state index in [1.165, 1.54) is 31.8 Å². The van der Waals surface area contributed by atoms with Gasteiger partial charge in [-0.3, -0.25) is 0 Å². The standard InChI is InChI=1S/C36H30OP2.2BrH.Mn/c1-7-19-31(20-8-1)38(32-21-9-2-10-22-32,33-23-11-3-12-24-33)37-39(34-25-13-4-14-26-34,35-27-15-5-16-28-35)36-29-17-6-18-30-36;;;/h1-30H;2*1H;/q+2;;;+2/p-2. The molecule has 0 aliphatic rings. The van der Waals surface area contributed by atoms with Crippen LogP contribution < -0.4 is 65.8 Å². The summed E-state index contributed by atoms with van der Waals surface area (Å²) in [6, 6.07) is 65.0. The van der Waals surface area contributed by atoms with Gasteiger partial charge in [-0.2, -0.15) is 0 Å². The third-order valence-corrected chi connectivity index (χ3v) is 15.1. The fourth-order valence-corrected chi connectivity index (χ4v) is 14.3. The first-order valence-electron chi connectivity index (χ1n) is 13.2. The molecule has 0 fully saturated rings. The molecule has 0 aliphatic heterocycles. The van der Waals surface area contributed by atoms with Gasteiger partial charge in [0.15, 0.2) is 0 Å². The SMILES string of the molecule is [Br-].[Br-].[Mn+2].c1ccc([P+](O[P+](c2ccccc2)(c2ccccc2)c2ccccc2)(c2ccccc2)c2ccccc2)cc1. The van der Waals surface area contributed by atoms with Crippen molar-refractivity contribution in [3.8, 4) is 0 Å². The second kappa shape index (κ2) is 15.9. The molecule has 0 atom stereocenters. The zero-order valence-corrected chi connectivity index (χ0v) is 28.9. The molecule has 0 aliphatic carbocycles. The summed E-state index contributed by atoms with van der Waals surface area (Å²) in [6.45, 7) is 0. The van der Waals surface area contributed by atoms with Gasteiger partial charge in [0.2, 0.25) is 0 Å². The zero-order valence-electron chi connectivity index (χ0n) is 22.8. The van der Waals surface area contributed by atoms with Crippen LogP contribution >= 0.6 is 15.0 Å². The van der Waals surface area contributed by atoms with Gasteiger partial charge in [-0.05, 0) is 72.8 Å². The number of rotatable bonds is 8. The molecule has 6 rings (SSSR count). The van der Waals surface area contributed by atoms with Crippen molar-refractivity contribution in [2.45, 2.75) is 0 Å². The van der Waals surface area contributed by atoms with Crippen LogP contribution in [0.2, 0.25) is 0 Å². The summed E-state index contributed by atoms with van der Waals surface area (Å²) < 4.78 is 8.16. The summed E-state index contributed by atoms with van der Waals surface area (Å²) >= 11 is 0. The molecule has 209 valence electrons. The molecule has 0 bridgehead atoms. The van der Waals surface area contributed by atoms with Gasteiger partial charge in [0, 0.05) is 0 Å². The molecule has 1 radical (unpaired) electrons. The van der Waals surface area contributed by atoms with E-state index in [1.807, 2.05) is 0 Å². The average molecular weight is 755 g/mol. The summed E-state index contributed by atoms with van der Waals surface area (Å²) in [4.78, 5) is 0. The summed E-state index contributed by atoms with van der Waals surface area (Å²) in [7, 11) is -5.24. The van der Waals surface area contributed by atoms with Crippen molar-refractivity contribution in [1.29, 1.82) is 0 Å². The Morgan fingerprint density at radius 3 is 0.548 bits per heavy atom. The molecule has 6 aromatic rings. The van der Waals surface area contributed by atoms with E-state index in [0.717, 1.165) is 0 Å². The van der Waals surface area contributed by atoms with Crippen LogP contribution in [0.5, 0.6) is 0 Å². The Bertz CT molecular complexity index is 1290. The van der Waals surface area contributed by atoms with E-state index in [9.17, 15) is 0 Å². The Hall–Kier alpha value is -2.38. The fourth-order valence-electron chi connectivity index (χ4n) is 5.19. The summed E-state index contributed by atoms with van der Waals surface area (Å²) in [5.41, 5.74) is 0. The van der Waals surface area contributed by atoms with Crippen LogP contribution in [0, 0.1) is 0 Å². The predicted octanol–water partition coefficient (Wildman–Crippen LogP) is 0.827. The topological polar surface area (TPSA) is 9.23 Å². The van der Waals surface area contributed by atoms with Crippen molar-refractivity contribution in [3.05, 3.63) is 182 Å². The maximum absolute atomic E-state index is 8.16. The monoisotopic (exact) mass is 753 g/mol. The van der Waals surface area contributed by atoms with E-state index >= 15 is 0 Å². The minimum atomic E-state index is -2.62. The van der Waals surface area contributed by atoms with Crippen molar-refractivity contribution in [3.63, 3.8) is 0 Å². The molecule has 1 nitrogen and oxygen atoms in total. The van der Waals surface area contributed by atoms with Gasteiger partial charge in [0.05, 0.1) is 0 Å². The number of halogens is 2. The predicted molar refractivity (Wildman–Crippen MR) is 171 cm³/mol. The van der Waals surface area contributed by atoms with Crippen LogP contribution in [0.4, 0.5) is 0 Å². The second-order valence-electron chi connectivity index (χ2n) is 9.31. The smallest absolute Gasteiger partial charge is 1.00 e. The van der Waals surface area contributed by atoms with Crippen molar-refractivity contribution in [2.75, 3.05) is 0 Å². The Morgan fingerprint density at radius 1 is 0.262 bits per heavy atom. The van der Waals surface area contributed by atoms with Gasteiger partial charge in [0.1, 0.15) is 31.8 Å². The largest absolute Gasteiger partial charge is 2.00 e. The maximum Gasteiger partial charge on any atom is 2.00 e. The van der Waals surface area contributed by atoms with E-state index in [1.54, 1.807) is 0 Å². The molecule has 6 heteroatoms. The van der Waals surface area contributed by atoms with Gasteiger partial charge in [0.25, 0.3) is 15.0 Å². The van der Waals surface area contributed by atoms with Crippen LogP contribution in [0.3, 0.4) is 0 Å². The molecule has 0 spiro atoms. The second-order valence-corrected chi connectivity index (χ2v) is 15.5. The molecule has 0 saturated carbocycles. The number of hydrogen-bond donors (Lipinski definition) is 0. The summed E-state index contributed by atoms with van der Waals surface area (Å²) in [5.74, 6) is 0. The Balaban J connectivity index is 0.00000161. The van der Waals surface area contributed by atoms with Crippen LogP contribution in [0.15, 0.2) is 182 Å². The number of benzene rings is 6. The molecule has 0 saturated heterocycles. The van der Waals surface area contributed by atoms with Gasteiger partial charge in [-0.1, -0.05) is 114 Å². The molecule has 0 amide bonds. The molecular weight excluding hydrogens is 725 g/mol. The third-order valence-electron chi connectivity index (χ3n) is 6.96. The minimum Gasteiger partial charge on any atom is -1.00 e. The Labute approximate surface area is 282 Å². The normalized spacial score (nSPS) is 10.9. The zero-order chi connectivity index (χ0) is 26.4. The quantitative estimate of drug-likeness (QED) is 0.166. The van der Waals surface area contributed by atoms with Crippen molar-refractivity contribution < 1.29 is 55.3 Å². The van der Waals surface area contributed by atoms with E-state index in [0.29, 0.717) is 0 Å². The molecule has 0 unspecified atom stereocenters. The van der Waals surface area contributed by atoms with E-state index in [4.69, 9.17) is 4.31 Å². The van der Waals surface area contributed by atoms with E-state index in [2.05, 4.69) is 182 Å². The van der Waals surface area contributed by atoms with Gasteiger partial charge in [-0.15, -0.1) is 0 Å².